The van der Waals surface area contributed by atoms with Crippen LogP contribution in [0.1, 0.15) is 56.7 Å². The summed E-state index contributed by atoms with van der Waals surface area (Å²) in [6, 6.07) is 7.26. The first-order valence-electron chi connectivity index (χ1n) is 11.7. The Morgan fingerprint density at radius 3 is 2.26 bits per heavy atom. The van der Waals surface area contributed by atoms with Gasteiger partial charge in [0.05, 0.1) is 6.04 Å². The molecule has 1 heterocycles. The van der Waals surface area contributed by atoms with Crippen molar-refractivity contribution in [2.75, 3.05) is 11.6 Å². The van der Waals surface area contributed by atoms with Crippen LogP contribution in [0.25, 0.3) is 0 Å². The number of amides is 2. The van der Waals surface area contributed by atoms with Gasteiger partial charge in [-0.15, -0.1) is 0 Å². The zero-order chi connectivity index (χ0) is 28.3. The molecule has 1 aromatic carbocycles. The maximum Gasteiger partial charge on any atom is 0.413 e. The normalized spacial score (nSPS) is 15.1. The second-order valence-electron chi connectivity index (χ2n) is 10.00. The molecule has 0 unspecified atom stereocenters. The van der Waals surface area contributed by atoms with Crippen molar-refractivity contribution in [2.45, 2.75) is 58.1 Å². The molecule has 1 saturated carbocycles. The molecule has 0 saturated heterocycles. The number of nitrogens with zero attached hydrogens (tertiary/aromatic N) is 2. The summed E-state index contributed by atoms with van der Waals surface area (Å²) in [6.07, 6.45) is 2.81. The molecule has 2 amide bonds. The average molecular weight is 553 g/mol. The molecule has 0 bridgehead atoms. The standard InChI is InChI=1S/C25H30F2N4O6S/c1-24(2,3)37-23(33)31-20-18(21(32)28-17(15-11-12-15)13-14-38(5,34)35)29-22(19(30-20)25(4,26)27)36-16-9-7-6-8-10-16/h6-10,13-15,17H,11-12H2,1-5H3,(H,28,32)(H,30,31,33)/b14-13+/t17-/m1/s1. The monoisotopic (exact) mass is 552 g/mol. The Balaban J connectivity index is 2.07. The zero-order valence-corrected chi connectivity index (χ0v) is 22.4. The first-order chi connectivity index (χ1) is 17.5. The van der Waals surface area contributed by atoms with Crippen LogP contribution in [0.5, 0.6) is 11.6 Å². The minimum atomic E-state index is -3.56. The maximum absolute atomic E-state index is 14.6. The molecule has 1 aliphatic rings. The third kappa shape index (κ3) is 8.75. The maximum atomic E-state index is 14.6. The molecule has 1 aliphatic carbocycles. The molecule has 0 radical (unpaired) electrons. The van der Waals surface area contributed by atoms with Crippen molar-refractivity contribution in [3.05, 3.63) is 53.2 Å². The Kier molecular flexibility index (Phi) is 8.39. The highest BCUT2D eigenvalue weighted by Gasteiger charge is 2.37. The lowest BCUT2D eigenvalue weighted by atomic mass is 10.1. The molecule has 0 spiro atoms. The van der Waals surface area contributed by atoms with Gasteiger partial charge in [-0.05, 0) is 51.7 Å². The Morgan fingerprint density at radius 2 is 1.74 bits per heavy atom. The third-order valence-corrected chi connectivity index (χ3v) is 5.68. The highest BCUT2D eigenvalue weighted by Crippen LogP contribution is 2.37. The summed E-state index contributed by atoms with van der Waals surface area (Å²) in [5.41, 5.74) is -2.37. The van der Waals surface area contributed by atoms with E-state index >= 15 is 0 Å². The highest BCUT2D eigenvalue weighted by molar-refractivity contribution is 7.93. The van der Waals surface area contributed by atoms with Gasteiger partial charge in [0.1, 0.15) is 11.4 Å². The summed E-state index contributed by atoms with van der Waals surface area (Å²) in [5, 5.41) is 5.86. The lowest BCUT2D eigenvalue weighted by molar-refractivity contribution is 0.00998. The molecule has 1 aromatic heterocycles. The Hall–Kier alpha value is -3.61. The Labute approximate surface area is 219 Å². The number of carbonyl (C=O) groups is 2. The van der Waals surface area contributed by atoms with Crippen molar-refractivity contribution < 1.29 is 36.3 Å². The van der Waals surface area contributed by atoms with E-state index in [2.05, 4.69) is 20.6 Å². The predicted octanol–water partition coefficient (Wildman–Crippen LogP) is 4.79. The van der Waals surface area contributed by atoms with Crippen LogP contribution in [0, 0.1) is 5.92 Å². The molecule has 206 valence electrons. The van der Waals surface area contributed by atoms with E-state index in [1.807, 2.05) is 0 Å². The second kappa shape index (κ2) is 11.0. The van der Waals surface area contributed by atoms with E-state index in [1.165, 1.54) is 18.2 Å². The van der Waals surface area contributed by atoms with Gasteiger partial charge < -0.3 is 14.8 Å². The fourth-order valence-corrected chi connectivity index (χ4v) is 3.70. The lowest BCUT2D eigenvalue weighted by Crippen LogP contribution is -2.37. The van der Waals surface area contributed by atoms with Crippen molar-refractivity contribution in [2.24, 2.45) is 5.92 Å². The van der Waals surface area contributed by atoms with Gasteiger partial charge in [0.25, 0.3) is 11.8 Å². The number of ether oxygens (including phenoxy) is 2. The Morgan fingerprint density at radius 1 is 1.11 bits per heavy atom. The number of carbonyl (C=O) groups excluding carboxylic acids is 2. The zero-order valence-electron chi connectivity index (χ0n) is 21.6. The van der Waals surface area contributed by atoms with Gasteiger partial charge in [-0.1, -0.05) is 24.3 Å². The van der Waals surface area contributed by atoms with E-state index < -0.39 is 62.5 Å². The number of rotatable bonds is 9. The molecule has 13 heteroatoms. The van der Waals surface area contributed by atoms with Crippen LogP contribution in [0.3, 0.4) is 0 Å². The average Bonchev–Trinajstić information content (AvgIpc) is 3.60. The lowest BCUT2D eigenvalue weighted by Gasteiger charge is -2.22. The van der Waals surface area contributed by atoms with Gasteiger partial charge >= 0.3 is 6.09 Å². The van der Waals surface area contributed by atoms with Crippen LogP contribution < -0.4 is 15.4 Å². The summed E-state index contributed by atoms with van der Waals surface area (Å²) >= 11 is 0. The summed E-state index contributed by atoms with van der Waals surface area (Å²) in [4.78, 5) is 33.7. The molecule has 2 aromatic rings. The second-order valence-corrected chi connectivity index (χ2v) is 11.9. The highest BCUT2D eigenvalue weighted by atomic mass is 32.2. The number of alkyl halides is 2. The predicted molar refractivity (Wildman–Crippen MR) is 136 cm³/mol. The van der Waals surface area contributed by atoms with Gasteiger partial charge in [0.15, 0.2) is 27.0 Å². The van der Waals surface area contributed by atoms with Gasteiger partial charge in [-0.25, -0.2) is 23.2 Å². The molecule has 2 N–H and O–H groups in total. The van der Waals surface area contributed by atoms with Gasteiger partial charge in [-0.3, -0.25) is 10.1 Å². The molecule has 0 aliphatic heterocycles. The summed E-state index contributed by atoms with van der Waals surface area (Å²) in [7, 11) is -3.47. The van der Waals surface area contributed by atoms with E-state index in [0.29, 0.717) is 6.92 Å². The van der Waals surface area contributed by atoms with E-state index in [1.54, 1.807) is 39.0 Å². The largest absolute Gasteiger partial charge is 0.444 e. The molecule has 1 atom stereocenters. The number of benzene rings is 1. The summed E-state index contributed by atoms with van der Waals surface area (Å²) in [6.45, 7) is 5.37. The minimum Gasteiger partial charge on any atom is -0.444 e. The number of hydrogen-bond acceptors (Lipinski definition) is 8. The van der Waals surface area contributed by atoms with Crippen molar-refractivity contribution >= 4 is 27.7 Å². The fraction of sp³-hybridized carbons (Fsp3) is 0.440. The number of para-hydroxylation sites is 1. The van der Waals surface area contributed by atoms with E-state index in [0.717, 1.165) is 24.5 Å². The van der Waals surface area contributed by atoms with Crippen LogP contribution in [0.2, 0.25) is 0 Å². The van der Waals surface area contributed by atoms with Crippen molar-refractivity contribution in [1.82, 2.24) is 15.3 Å². The van der Waals surface area contributed by atoms with Crippen molar-refractivity contribution in [3.8, 4) is 11.6 Å². The van der Waals surface area contributed by atoms with E-state index in [9.17, 15) is 26.8 Å². The number of halogens is 2. The number of sulfone groups is 1. The van der Waals surface area contributed by atoms with E-state index in [4.69, 9.17) is 9.47 Å². The summed E-state index contributed by atoms with van der Waals surface area (Å²) < 4.78 is 63.1. The molecule has 3 rings (SSSR count). The van der Waals surface area contributed by atoms with Crippen LogP contribution in [-0.2, 0) is 20.5 Å². The minimum absolute atomic E-state index is 0.0218. The van der Waals surface area contributed by atoms with Crippen LogP contribution in [0.15, 0.2) is 41.8 Å². The fourth-order valence-electron chi connectivity index (χ4n) is 3.25. The quantitative estimate of drug-likeness (QED) is 0.453. The topological polar surface area (TPSA) is 137 Å². The first kappa shape index (κ1) is 29.0. The molecule has 1 fully saturated rings. The van der Waals surface area contributed by atoms with Crippen LogP contribution >= 0.6 is 0 Å². The Bertz CT molecular complexity index is 1320. The number of aromatic nitrogens is 2. The van der Waals surface area contributed by atoms with Gasteiger partial charge in [0, 0.05) is 18.6 Å². The number of anilines is 1. The van der Waals surface area contributed by atoms with Gasteiger partial charge in [0.2, 0.25) is 5.88 Å². The van der Waals surface area contributed by atoms with E-state index in [-0.39, 0.29) is 11.7 Å². The van der Waals surface area contributed by atoms with Crippen molar-refractivity contribution in [3.63, 3.8) is 0 Å². The third-order valence-electron chi connectivity index (χ3n) is 5.03. The molecular weight excluding hydrogens is 522 g/mol. The number of nitrogens with one attached hydrogen (secondary N) is 2. The number of hydrogen-bond donors (Lipinski definition) is 2. The summed E-state index contributed by atoms with van der Waals surface area (Å²) in [5.74, 6) is -5.52. The van der Waals surface area contributed by atoms with Gasteiger partial charge in [-0.2, -0.15) is 8.78 Å². The van der Waals surface area contributed by atoms with Crippen molar-refractivity contribution in [1.29, 1.82) is 0 Å². The smallest absolute Gasteiger partial charge is 0.413 e. The van der Waals surface area contributed by atoms with Crippen LogP contribution in [-0.4, -0.2) is 48.3 Å². The molecular formula is C25H30F2N4O6S. The first-order valence-corrected chi connectivity index (χ1v) is 13.7. The molecule has 10 nitrogen and oxygen atoms in total. The SMILES string of the molecule is CC(C)(C)OC(=O)Nc1nc(C(C)(F)F)c(Oc2ccccc2)nc1C(=O)N[C@H](/C=C/S(C)(=O)=O)C1CC1. The van der Waals surface area contributed by atoms with Crippen LogP contribution in [0.4, 0.5) is 19.4 Å². The molecule has 38 heavy (non-hydrogen) atoms.